The van der Waals surface area contributed by atoms with Gasteiger partial charge < -0.3 is 10.2 Å². The van der Waals surface area contributed by atoms with Crippen LogP contribution in [0.3, 0.4) is 0 Å². The van der Waals surface area contributed by atoms with E-state index in [2.05, 4.69) is 26.8 Å². The van der Waals surface area contributed by atoms with E-state index in [-0.39, 0.29) is 41.5 Å². The SMILES string of the molecule is C[C@H](CCC(=O)O)[C@@H]1CC[C@@H]2C3=CC[C@@H]4C[C@H](O)CC[C@@]4(C)C3=CC(=O)[C@@]21C. The molecular formula is C24H34O4. The number of carbonyl (C=O) groups is 2. The third-order valence-electron chi connectivity index (χ3n) is 8.95. The number of aliphatic carboxylic acids is 1. The van der Waals surface area contributed by atoms with Gasteiger partial charge in [-0.1, -0.05) is 26.8 Å². The van der Waals surface area contributed by atoms with Crippen molar-refractivity contribution in [1.29, 1.82) is 0 Å². The van der Waals surface area contributed by atoms with E-state index < -0.39 is 11.4 Å². The number of aliphatic hydroxyl groups is 1. The summed E-state index contributed by atoms with van der Waals surface area (Å²) in [7, 11) is 0. The fourth-order valence-electron chi connectivity index (χ4n) is 7.13. The van der Waals surface area contributed by atoms with Crippen molar-refractivity contribution in [3.8, 4) is 0 Å². The minimum Gasteiger partial charge on any atom is -0.481 e. The van der Waals surface area contributed by atoms with E-state index in [1.165, 1.54) is 11.1 Å². The minimum atomic E-state index is -0.753. The fraction of sp³-hybridized carbons (Fsp3) is 0.750. The summed E-state index contributed by atoms with van der Waals surface area (Å²) < 4.78 is 0. The molecule has 4 nitrogen and oxygen atoms in total. The number of ketones is 1. The van der Waals surface area contributed by atoms with Crippen LogP contribution in [0.25, 0.3) is 0 Å². The van der Waals surface area contributed by atoms with Gasteiger partial charge in [0.1, 0.15) is 0 Å². The predicted octanol–water partition coefficient (Wildman–Crippen LogP) is 4.53. The lowest BCUT2D eigenvalue weighted by Gasteiger charge is -2.52. The van der Waals surface area contributed by atoms with Crippen LogP contribution in [0.1, 0.15) is 72.1 Å². The third-order valence-corrected chi connectivity index (χ3v) is 8.95. The van der Waals surface area contributed by atoms with E-state index in [0.29, 0.717) is 12.3 Å². The number of carboxylic acid groups (broad SMARTS) is 1. The van der Waals surface area contributed by atoms with Crippen molar-refractivity contribution < 1.29 is 19.8 Å². The number of rotatable bonds is 4. The molecule has 0 aromatic carbocycles. The fourth-order valence-corrected chi connectivity index (χ4v) is 7.13. The van der Waals surface area contributed by atoms with Crippen LogP contribution in [0, 0.1) is 34.5 Å². The molecule has 0 heterocycles. The molecule has 2 fully saturated rings. The zero-order valence-corrected chi connectivity index (χ0v) is 17.4. The van der Waals surface area contributed by atoms with Gasteiger partial charge in [0.15, 0.2) is 5.78 Å². The topological polar surface area (TPSA) is 74.6 Å². The number of aliphatic hydroxyl groups excluding tert-OH is 1. The smallest absolute Gasteiger partial charge is 0.303 e. The number of allylic oxidation sites excluding steroid dienone is 4. The van der Waals surface area contributed by atoms with Crippen molar-refractivity contribution in [2.45, 2.75) is 78.2 Å². The van der Waals surface area contributed by atoms with E-state index in [1.54, 1.807) is 0 Å². The lowest BCUT2D eigenvalue weighted by molar-refractivity contribution is -0.137. The molecule has 0 radical (unpaired) electrons. The number of hydrogen-bond donors (Lipinski definition) is 2. The quantitative estimate of drug-likeness (QED) is 0.744. The lowest BCUT2D eigenvalue weighted by Crippen LogP contribution is -2.48. The Morgan fingerprint density at radius 3 is 2.75 bits per heavy atom. The highest BCUT2D eigenvalue weighted by Gasteiger charge is 2.58. The average molecular weight is 387 g/mol. The predicted molar refractivity (Wildman–Crippen MR) is 108 cm³/mol. The van der Waals surface area contributed by atoms with Crippen molar-refractivity contribution >= 4 is 11.8 Å². The minimum absolute atomic E-state index is 0.00726. The largest absolute Gasteiger partial charge is 0.481 e. The maximum absolute atomic E-state index is 13.5. The molecule has 4 heteroatoms. The van der Waals surface area contributed by atoms with Gasteiger partial charge >= 0.3 is 5.97 Å². The summed E-state index contributed by atoms with van der Waals surface area (Å²) in [4.78, 5) is 24.5. The van der Waals surface area contributed by atoms with E-state index in [4.69, 9.17) is 5.11 Å². The number of hydrogen-bond acceptors (Lipinski definition) is 3. The number of fused-ring (bicyclic) bond motifs is 5. The van der Waals surface area contributed by atoms with Crippen LogP contribution in [-0.2, 0) is 9.59 Å². The molecule has 154 valence electrons. The van der Waals surface area contributed by atoms with Gasteiger partial charge in [-0.25, -0.2) is 0 Å². The van der Waals surface area contributed by atoms with E-state index in [1.807, 2.05) is 6.08 Å². The summed E-state index contributed by atoms with van der Waals surface area (Å²) in [5.41, 5.74) is 2.25. The Kier molecular flexibility index (Phi) is 4.85. The zero-order chi connectivity index (χ0) is 20.3. The first-order valence-corrected chi connectivity index (χ1v) is 11.0. The lowest BCUT2D eigenvalue weighted by atomic mass is 9.51. The van der Waals surface area contributed by atoms with Crippen LogP contribution in [0.2, 0.25) is 0 Å². The number of carboxylic acids is 1. The van der Waals surface area contributed by atoms with Crippen molar-refractivity contribution in [3.63, 3.8) is 0 Å². The Balaban J connectivity index is 1.66. The molecule has 0 saturated heterocycles. The van der Waals surface area contributed by atoms with E-state index in [0.717, 1.165) is 38.5 Å². The second-order valence-corrected chi connectivity index (χ2v) is 10.3. The van der Waals surface area contributed by atoms with Gasteiger partial charge in [0, 0.05) is 11.8 Å². The van der Waals surface area contributed by atoms with E-state index >= 15 is 0 Å². The van der Waals surface area contributed by atoms with Crippen LogP contribution in [0.15, 0.2) is 23.3 Å². The first-order valence-electron chi connectivity index (χ1n) is 11.0. The average Bonchev–Trinajstić information content (AvgIpc) is 3.00. The molecule has 7 atom stereocenters. The van der Waals surface area contributed by atoms with Gasteiger partial charge in [-0.15, -0.1) is 0 Å². The summed E-state index contributed by atoms with van der Waals surface area (Å²) in [6.45, 7) is 6.57. The van der Waals surface area contributed by atoms with Crippen LogP contribution >= 0.6 is 0 Å². The molecule has 0 bridgehead atoms. The molecule has 0 amide bonds. The molecular weight excluding hydrogens is 352 g/mol. The summed E-state index contributed by atoms with van der Waals surface area (Å²) in [5, 5.41) is 19.2. The molecule has 0 aromatic heterocycles. The maximum atomic E-state index is 13.5. The highest BCUT2D eigenvalue weighted by Crippen LogP contribution is 2.63. The Hall–Kier alpha value is -1.42. The molecule has 2 N–H and O–H groups in total. The molecule has 0 unspecified atom stereocenters. The molecule has 4 aliphatic carbocycles. The Bertz CT molecular complexity index is 750. The summed E-state index contributed by atoms with van der Waals surface area (Å²) >= 11 is 0. The van der Waals surface area contributed by atoms with Crippen molar-refractivity contribution in [3.05, 3.63) is 23.3 Å². The molecule has 0 aromatic rings. The van der Waals surface area contributed by atoms with Crippen LogP contribution in [0.5, 0.6) is 0 Å². The van der Waals surface area contributed by atoms with Gasteiger partial charge in [0.05, 0.1) is 6.10 Å². The van der Waals surface area contributed by atoms with Crippen molar-refractivity contribution in [2.24, 2.45) is 34.5 Å². The first kappa shape index (κ1) is 19.9. The van der Waals surface area contributed by atoms with Crippen LogP contribution in [0.4, 0.5) is 0 Å². The molecule has 2 saturated carbocycles. The van der Waals surface area contributed by atoms with Gasteiger partial charge in [-0.2, -0.15) is 0 Å². The summed E-state index contributed by atoms with van der Waals surface area (Å²) in [6.07, 6.45) is 10.6. The Morgan fingerprint density at radius 1 is 1.29 bits per heavy atom. The molecule has 4 aliphatic rings. The molecule has 0 aliphatic heterocycles. The second kappa shape index (κ2) is 6.83. The normalized spacial score (nSPS) is 43.4. The Morgan fingerprint density at radius 2 is 2.04 bits per heavy atom. The van der Waals surface area contributed by atoms with Crippen molar-refractivity contribution in [1.82, 2.24) is 0 Å². The van der Waals surface area contributed by atoms with Gasteiger partial charge in [-0.05, 0) is 91.3 Å². The standard InChI is InChI=1S/C24H34O4/c1-14(4-9-22(27)28)18-7-8-19-17-6-5-15-12-16(25)10-11-23(15,2)20(17)13-21(26)24(18,19)3/h6,13-16,18-19,25H,4-5,7-12H2,1-3H3,(H,27,28)/t14-,15-,16-,18+,19-,23-,24-/m1/s1. The number of carbonyl (C=O) groups excluding carboxylic acids is 1. The molecule has 28 heavy (non-hydrogen) atoms. The second-order valence-electron chi connectivity index (χ2n) is 10.3. The maximum Gasteiger partial charge on any atom is 0.303 e. The van der Waals surface area contributed by atoms with Gasteiger partial charge in [0.25, 0.3) is 0 Å². The highest BCUT2D eigenvalue weighted by molar-refractivity contribution is 5.99. The van der Waals surface area contributed by atoms with Gasteiger partial charge in [-0.3, -0.25) is 9.59 Å². The third kappa shape index (κ3) is 2.82. The first-order chi connectivity index (χ1) is 13.2. The van der Waals surface area contributed by atoms with Crippen LogP contribution < -0.4 is 0 Å². The Labute approximate surface area is 168 Å². The summed E-state index contributed by atoms with van der Waals surface area (Å²) in [5.74, 6) is 0.681. The highest BCUT2D eigenvalue weighted by atomic mass is 16.4. The molecule has 4 rings (SSSR count). The van der Waals surface area contributed by atoms with Crippen molar-refractivity contribution in [2.75, 3.05) is 0 Å². The summed E-state index contributed by atoms with van der Waals surface area (Å²) in [6, 6.07) is 0. The van der Waals surface area contributed by atoms with E-state index in [9.17, 15) is 14.7 Å². The van der Waals surface area contributed by atoms with Gasteiger partial charge in [0.2, 0.25) is 0 Å². The zero-order valence-electron chi connectivity index (χ0n) is 17.4. The molecule has 0 spiro atoms. The van der Waals surface area contributed by atoms with Crippen LogP contribution in [-0.4, -0.2) is 28.1 Å². The monoisotopic (exact) mass is 386 g/mol.